The van der Waals surface area contributed by atoms with Crippen LogP contribution in [0.1, 0.15) is 34.7 Å². The van der Waals surface area contributed by atoms with Crippen LogP contribution < -0.4 is 24.4 Å². The zero-order chi connectivity index (χ0) is 24.8. The molecule has 0 bridgehead atoms. The van der Waals surface area contributed by atoms with Gasteiger partial charge in [0.1, 0.15) is 11.5 Å². The van der Waals surface area contributed by atoms with Gasteiger partial charge in [-0.15, -0.1) is 0 Å². The lowest BCUT2D eigenvalue weighted by atomic mass is 9.83. The number of rotatable bonds is 4. The maximum atomic E-state index is 13.9. The van der Waals surface area contributed by atoms with E-state index in [1.54, 1.807) is 14.2 Å². The summed E-state index contributed by atoms with van der Waals surface area (Å²) < 4.78 is 14.4. The summed E-state index contributed by atoms with van der Waals surface area (Å²) in [5.74, 6) is 1.38. The first-order chi connectivity index (χ1) is 17.6. The zero-order valence-electron chi connectivity index (χ0n) is 19.8. The van der Waals surface area contributed by atoms with Gasteiger partial charge in [-0.3, -0.25) is 9.36 Å². The third-order valence-corrected chi connectivity index (χ3v) is 8.29. The molecule has 1 atom stereocenters. The molecule has 4 aromatic rings. The van der Waals surface area contributed by atoms with Crippen LogP contribution in [-0.2, 0) is 6.42 Å². The topological polar surface area (TPSA) is 52.8 Å². The van der Waals surface area contributed by atoms with Crippen molar-refractivity contribution in [1.82, 2.24) is 4.57 Å². The zero-order valence-corrected chi connectivity index (χ0v) is 22.2. The Kier molecular flexibility index (Phi) is 5.90. The second-order valence-corrected chi connectivity index (χ2v) is 10.7. The van der Waals surface area contributed by atoms with Gasteiger partial charge in [0.05, 0.1) is 30.5 Å². The lowest BCUT2D eigenvalue weighted by molar-refractivity contribution is 0.402. The number of hydrogen-bond acceptors (Lipinski definition) is 5. The molecule has 0 radical (unpaired) electrons. The molecule has 0 N–H and O–H groups in total. The molecule has 0 spiro atoms. The van der Waals surface area contributed by atoms with Crippen LogP contribution in [0.5, 0.6) is 11.5 Å². The highest BCUT2D eigenvalue weighted by molar-refractivity contribution is 9.10. The minimum Gasteiger partial charge on any atom is -0.497 e. The summed E-state index contributed by atoms with van der Waals surface area (Å²) in [4.78, 5) is 19.7. The summed E-state index contributed by atoms with van der Waals surface area (Å²) in [6.07, 6.45) is 3.67. The van der Waals surface area contributed by atoms with Crippen LogP contribution in [0, 0.1) is 0 Å². The average Bonchev–Trinajstić information content (AvgIpc) is 3.22. The second-order valence-electron chi connectivity index (χ2n) is 8.77. The van der Waals surface area contributed by atoms with Gasteiger partial charge in [-0.05, 0) is 65.9 Å². The van der Waals surface area contributed by atoms with Crippen LogP contribution in [0.15, 0.2) is 86.6 Å². The Hall–Kier alpha value is -3.42. The highest BCUT2D eigenvalue weighted by Gasteiger charge is 2.32. The highest BCUT2D eigenvalue weighted by Crippen LogP contribution is 2.41. The number of thiazole rings is 1. The first-order valence-electron chi connectivity index (χ1n) is 11.7. The van der Waals surface area contributed by atoms with Crippen LogP contribution in [0.3, 0.4) is 0 Å². The Labute approximate surface area is 220 Å². The Morgan fingerprint density at radius 3 is 2.61 bits per heavy atom. The molecular formula is C29H23BrN2O3S. The molecule has 1 aliphatic heterocycles. The maximum absolute atomic E-state index is 13.9. The summed E-state index contributed by atoms with van der Waals surface area (Å²) in [5.41, 5.74) is 6.46. The molecular weight excluding hydrogens is 536 g/mol. The molecule has 1 aliphatic carbocycles. The average molecular weight is 559 g/mol. The predicted octanol–water partition coefficient (Wildman–Crippen LogP) is 5.10. The molecule has 5 nitrogen and oxygen atoms in total. The van der Waals surface area contributed by atoms with Gasteiger partial charge in [0.25, 0.3) is 5.56 Å². The summed E-state index contributed by atoms with van der Waals surface area (Å²) >= 11 is 4.96. The number of ether oxygens (including phenoxy) is 2. The van der Waals surface area contributed by atoms with E-state index in [9.17, 15) is 4.79 Å². The van der Waals surface area contributed by atoms with Gasteiger partial charge >= 0.3 is 0 Å². The van der Waals surface area contributed by atoms with E-state index in [0.29, 0.717) is 20.8 Å². The quantitative estimate of drug-likeness (QED) is 0.350. The van der Waals surface area contributed by atoms with Crippen molar-refractivity contribution in [3.63, 3.8) is 0 Å². The minimum atomic E-state index is -0.202. The number of halogens is 1. The fraction of sp³-hybridized carbons (Fsp3) is 0.172. The van der Waals surface area contributed by atoms with E-state index >= 15 is 0 Å². The molecule has 0 saturated heterocycles. The lowest BCUT2D eigenvalue weighted by Gasteiger charge is -2.30. The molecule has 0 amide bonds. The minimum absolute atomic E-state index is 0.0537. The van der Waals surface area contributed by atoms with Crippen molar-refractivity contribution >= 4 is 39.0 Å². The standard InChI is InChI=1S/C29H23BrN2O3S/c1-34-21-12-14-24(35-2)19(15-21)16-25-28(33)32-27(18-7-10-20(30)11-8-18)23-13-9-17-5-3-4-6-22(17)26(23)31-29(32)36-25/h3-8,10-12,14-16,27H,9,13H2,1-2H3. The molecule has 180 valence electrons. The molecule has 1 unspecified atom stereocenters. The van der Waals surface area contributed by atoms with Gasteiger partial charge in [-0.25, -0.2) is 4.99 Å². The molecule has 0 fully saturated rings. The molecule has 2 heterocycles. The van der Waals surface area contributed by atoms with E-state index in [4.69, 9.17) is 14.5 Å². The van der Waals surface area contributed by atoms with Crippen molar-refractivity contribution in [2.45, 2.75) is 18.9 Å². The summed E-state index contributed by atoms with van der Waals surface area (Å²) in [6, 6.07) is 22.1. The summed E-state index contributed by atoms with van der Waals surface area (Å²) in [5, 5.41) is 0. The van der Waals surface area contributed by atoms with Crippen LogP contribution in [0.2, 0.25) is 0 Å². The summed E-state index contributed by atoms with van der Waals surface area (Å²) in [7, 11) is 3.25. The largest absolute Gasteiger partial charge is 0.497 e. The van der Waals surface area contributed by atoms with Crippen LogP contribution >= 0.6 is 27.3 Å². The molecule has 36 heavy (non-hydrogen) atoms. The first kappa shape index (κ1) is 23.0. The molecule has 2 aliphatic rings. The molecule has 7 heteroatoms. The van der Waals surface area contributed by atoms with Crippen molar-refractivity contribution in [2.24, 2.45) is 4.99 Å². The van der Waals surface area contributed by atoms with Crippen molar-refractivity contribution in [3.8, 4) is 11.5 Å². The number of allylic oxidation sites excluding steroid dienone is 1. The van der Waals surface area contributed by atoms with Crippen LogP contribution in [-0.4, -0.2) is 18.8 Å². The highest BCUT2D eigenvalue weighted by atomic mass is 79.9. The normalized spacial score (nSPS) is 16.6. The van der Waals surface area contributed by atoms with Gasteiger partial charge in [0.2, 0.25) is 0 Å². The maximum Gasteiger partial charge on any atom is 0.271 e. The third-order valence-electron chi connectivity index (χ3n) is 6.78. The van der Waals surface area contributed by atoms with Gasteiger partial charge < -0.3 is 9.47 Å². The fourth-order valence-electron chi connectivity index (χ4n) is 5.06. The van der Waals surface area contributed by atoms with Gasteiger partial charge in [0.15, 0.2) is 4.80 Å². The SMILES string of the molecule is COc1ccc(OC)c(C=c2sc3n(c2=O)C(c2ccc(Br)cc2)C2=C(N=3)c3ccccc3CC2)c1. The molecule has 6 rings (SSSR count). The molecule has 1 aromatic heterocycles. The van der Waals surface area contributed by atoms with Crippen molar-refractivity contribution in [3.05, 3.63) is 119 Å². The Morgan fingerprint density at radius 1 is 1.03 bits per heavy atom. The number of fused-ring (bicyclic) bond motifs is 3. The van der Waals surface area contributed by atoms with Crippen LogP contribution in [0.4, 0.5) is 0 Å². The smallest absolute Gasteiger partial charge is 0.271 e. The van der Waals surface area contributed by atoms with E-state index in [1.807, 2.05) is 41.0 Å². The van der Waals surface area contributed by atoms with E-state index in [1.165, 1.54) is 22.5 Å². The van der Waals surface area contributed by atoms with Gasteiger partial charge in [0, 0.05) is 15.6 Å². The first-order valence-corrected chi connectivity index (χ1v) is 13.3. The number of methoxy groups -OCH3 is 2. The van der Waals surface area contributed by atoms with Crippen molar-refractivity contribution in [2.75, 3.05) is 14.2 Å². The number of aryl methyl sites for hydroxylation is 1. The second kappa shape index (κ2) is 9.22. The third kappa shape index (κ3) is 3.83. The van der Waals surface area contributed by atoms with Gasteiger partial charge in [-0.2, -0.15) is 0 Å². The van der Waals surface area contributed by atoms with Crippen molar-refractivity contribution < 1.29 is 9.47 Å². The molecule has 3 aromatic carbocycles. The predicted molar refractivity (Wildman–Crippen MR) is 146 cm³/mol. The van der Waals surface area contributed by atoms with Crippen molar-refractivity contribution in [1.29, 1.82) is 0 Å². The van der Waals surface area contributed by atoms with E-state index in [0.717, 1.165) is 39.7 Å². The monoisotopic (exact) mass is 558 g/mol. The van der Waals surface area contributed by atoms with E-state index in [2.05, 4.69) is 52.3 Å². The number of benzene rings is 3. The lowest BCUT2D eigenvalue weighted by Crippen LogP contribution is -2.38. The molecule has 0 saturated carbocycles. The number of nitrogens with zero attached hydrogens (tertiary/aromatic N) is 2. The number of aromatic nitrogens is 1. The van der Waals surface area contributed by atoms with E-state index < -0.39 is 0 Å². The fourth-order valence-corrected chi connectivity index (χ4v) is 6.32. The Morgan fingerprint density at radius 2 is 1.83 bits per heavy atom. The summed E-state index contributed by atoms with van der Waals surface area (Å²) in [6.45, 7) is 0. The van der Waals surface area contributed by atoms with E-state index in [-0.39, 0.29) is 11.6 Å². The Balaban J connectivity index is 1.62. The number of hydrogen-bond donors (Lipinski definition) is 0. The van der Waals surface area contributed by atoms with Crippen LogP contribution in [0.25, 0.3) is 11.8 Å². The van der Waals surface area contributed by atoms with Gasteiger partial charge in [-0.1, -0.05) is 63.7 Å². The Bertz CT molecular complexity index is 1700.